The van der Waals surface area contributed by atoms with Crippen LogP contribution in [0.25, 0.3) is 11.5 Å². The highest BCUT2D eigenvalue weighted by atomic mass is 16.5. The van der Waals surface area contributed by atoms with E-state index in [0.717, 1.165) is 11.1 Å². The summed E-state index contributed by atoms with van der Waals surface area (Å²) in [6.07, 6.45) is -0.0625. The SMILES string of the molecule is CC(C)OC(=C(OC(C)C)c1cccc(OC(C)C)c1OC(C)C)c1ccccc1. The molecule has 2 aromatic carbocycles. The van der Waals surface area contributed by atoms with Crippen molar-refractivity contribution < 1.29 is 18.9 Å². The lowest BCUT2D eigenvalue weighted by Gasteiger charge is -2.25. The summed E-state index contributed by atoms with van der Waals surface area (Å²) in [5.41, 5.74) is 1.77. The van der Waals surface area contributed by atoms with Crippen LogP contribution in [0.2, 0.25) is 0 Å². The average molecular weight is 413 g/mol. The molecule has 0 aromatic heterocycles. The number of para-hydroxylation sites is 1. The Labute approximate surface area is 181 Å². The molecule has 0 heterocycles. The zero-order chi connectivity index (χ0) is 22.3. The highest BCUT2D eigenvalue weighted by Crippen LogP contribution is 2.41. The summed E-state index contributed by atoms with van der Waals surface area (Å²) in [6.45, 7) is 16.1. The molecule has 2 rings (SSSR count). The Morgan fingerprint density at radius 2 is 1.13 bits per heavy atom. The smallest absolute Gasteiger partial charge is 0.173 e. The van der Waals surface area contributed by atoms with E-state index in [9.17, 15) is 0 Å². The summed E-state index contributed by atoms with van der Waals surface area (Å²) >= 11 is 0. The molecule has 0 aliphatic heterocycles. The zero-order valence-electron chi connectivity index (χ0n) is 19.6. The van der Waals surface area contributed by atoms with Crippen molar-refractivity contribution in [1.82, 2.24) is 0 Å². The predicted octanol–water partition coefficient (Wildman–Crippen LogP) is 6.94. The second-order valence-electron chi connectivity index (χ2n) is 8.32. The first-order valence-corrected chi connectivity index (χ1v) is 10.8. The number of hydrogen-bond acceptors (Lipinski definition) is 4. The van der Waals surface area contributed by atoms with Crippen LogP contribution in [0.5, 0.6) is 11.5 Å². The van der Waals surface area contributed by atoms with Crippen LogP contribution in [-0.2, 0) is 9.47 Å². The molecule has 30 heavy (non-hydrogen) atoms. The molecule has 164 valence electrons. The maximum Gasteiger partial charge on any atom is 0.173 e. The van der Waals surface area contributed by atoms with E-state index in [2.05, 4.69) is 0 Å². The van der Waals surface area contributed by atoms with Crippen LogP contribution in [0.15, 0.2) is 48.5 Å². The van der Waals surface area contributed by atoms with Crippen molar-refractivity contribution >= 4 is 11.5 Å². The van der Waals surface area contributed by atoms with Gasteiger partial charge in [-0.15, -0.1) is 0 Å². The number of benzene rings is 2. The molecule has 0 unspecified atom stereocenters. The molecule has 0 amide bonds. The second kappa shape index (κ2) is 11.0. The Morgan fingerprint density at radius 3 is 1.67 bits per heavy atom. The summed E-state index contributed by atoms with van der Waals surface area (Å²) in [5, 5.41) is 0. The van der Waals surface area contributed by atoms with Gasteiger partial charge in [-0.25, -0.2) is 0 Å². The monoisotopic (exact) mass is 412 g/mol. The minimum atomic E-state index is -0.0453. The van der Waals surface area contributed by atoms with E-state index in [0.29, 0.717) is 23.0 Å². The van der Waals surface area contributed by atoms with Crippen LogP contribution in [0.3, 0.4) is 0 Å². The molecule has 2 aromatic rings. The van der Waals surface area contributed by atoms with Crippen LogP contribution in [0, 0.1) is 0 Å². The summed E-state index contributed by atoms with van der Waals surface area (Å²) < 4.78 is 24.9. The summed E-state index contributed by atoms with van der Waals surface area (Å²) in [4.78, 5) is 0. The Hall–Kier alpha value is -2.62. The van der Waals surface area contributed by atoms with E-state index >= 15 is 0 Å². The van der Waals surface area contributed by atoms with Gasteiger partial charge in [0.2, 0.25) is 0 Å². The molecular formula is C26H36O4. The molecule has 0 aliphatic carbocycles. The van der Waals surface area contributed by atoms with Gasteiger partial charge in [-0.1, -0.05) is 36.4 Å². The van der Waals surface area contributed by atoms with E-state index in [-0.39, 0.29) is 24.4 Å². The van der Waals surface area contributed by atoms with Gasteiger partial charge in [0.15, 0.2) is 23.0 Å². The van der Waals surface area contributed by atoms with Gasteiger partial charge in [0.05, 0.1) is 30.0 Å². The Balaban J connectivity index is 2.80. The van der Waals surface area contributed by atoms with Crippen molar-refractivity contribution in [2.24, 2.45) is 0 Å². The van der Waals surface area contributed by atoms with Crippen molar-refractivity contribution in [1.29, 1.82) is 0 Å². The van der Waals surface area contributed by atoms with Crippen LogP contribution in [-0.4, -0.2) is 24.4 Å². The summed E-state index contributed by atoms with van der Waals surface area (Å²) in [7, 11) is 0. The second-order valence-corrected chi connectivity index (χ2v) is 8.32. The van der Waals surface area contributed by atoms with Gasteiger partial charge < -0.3 is 18.9 Å². The highest BCUT2D eigenvalue weighted by molar-refractivity contribution is 5.87. The number of ether oxygens (including phenoxy) is 4. The maximum atomic E-state index is 6.36. The number of rotatable bonds is 10. The minimum Gasteiger partial charge on any atom is -0.487 e. The van der Waals surface area contributed by atoms with Gasteiger partial charge in [-0.05, 0) is 67.5 Å². The first-order chi connectivity index (χ1) is 14.2. The van der Waals surface area contributed by atoms with Gasteiger partial charge in [-0.3, -0.25) is 0 Å². The average Bonchev–Trinajstić information content (AvgIpc) is 2.65. The lowest BCUT2D eigenvalue weighted by Crippen LogP contribution is -2.14. The van der Waals surface area contributed by atoms with Crippen LogP contribution < -0.4 is 9.47 Å². The molecule has 4 nitrogen and oxygen atoms in total. The number of hydrogen-bond donors (Lipinski definition) is 0. The topological polar surface area (TPSA) is 36.9 Å². The van der Waals surface area contributed by atoms with Gasteiger partial charge in [0.1, 0.15) is 0 Å². The fraction of sp³-hybridized carbons (Fsp3) is 0.462. The Bertz CT molecular complexity index is 820. The van der Waals surface area contributed by atoms with Crippen LogP contribution >= 0.6 is 0 Å². The molecule has 0 saturated carbocycles. The minimum absolute atomic E-state index is 0.0180. The van der Waals surface area contributed by atoms with Crippen LogP contribution in [0.4, 0.5) is 0 Å². The Morgan fingerprint density at radius 1 is 0.567 bits per heavy atom. The lowest BCUT2D eigenvalue weighted by atomic mass is 10.1. The molecule has 0 bridgehead atoms. The van der Waals surface area contributed by atoms with E-state index in [1.165, 1.54) is 0 Å². The molecule has 4 heteroatoms. The maximum absolute atomic E-state index is 6.36. The van der Waals surface area contributed by atoms with Crippen molar-refractivity contribution in [3.05, 3.63) is 59.7 Å². The van der Waals surface area contributed by atoms with Gasteiger partial charge in [0, 0.05) is 5.56 Å². The zero-order valence-corrected chi connectivity index (χ0v) is 19.6. The standard InChI is InChI=1S/C26H36O4/c1-17(2)27-23-16-12-15-22(25(23)29-19(5)6)26(30-20(7)8)24(28-18(3)4)21-13-10-9-11-14-21/h9-20H,1-8H3. The van der Waals surface area contributed by atoms with E-state index in [4.69, 9.17) is 18.9 Å². The highest BCUT2D eigenvalue weighted by Gasteiger charge is 2.24. The summed E-state index contributed by atoms with van der Waals surface area (Å²) in [6, 6.07) is 15.9. The fourth-order valence-corrected chi connectivity index (χ4v) is 2.95. The molecule has 0 saturated heterocycles. The quantitative estimate of drug-likeness (QED) is 0.313. The van der Waals surface area contributed by atoms with Gasteiger partial charge in [-0.2, -0.15) is 0 Å². The molecule has 0 N–H and O–H groups in total. The molecule has 0 spiro atoms. The lowest BCUT2D eigenvalue weighted by molar-refractivity contribution is 0.169. The third kappa shape index (κ3) is 6.72. The molecule has 0 aliphatic rings. The third-order valence-electron chi connectivity index (χ3n) is 3.89. The normalized spacial score (nSPS) is 12.4. The molecule has 0 radical (unpaired) electrons. The largest absolute Gasteiger partial charge is 0.487 e. The van der Waals surface area contributed by atoms with Crippen molar-refractivity contribution in [2.75, 3.05) is 0 Å². The Kier molecular flexibility index (Phi) is 8.64. The third-order valence-corrected chi connectivity index (χ3v) is 3.89. The van der Waals surface area contributed by atoms with Crippen LogP contribution in [0.1, 0.15) is 66.5 Å². The summed E-state index contributed by atoms with van der Waals surface area (Å²) in [5.74, 6) is 2.69. The van der Waals surface area contributed by atoms with E-state index < -0.39 is 0 Å². The molecule has 0 fully saturated rings. The molecular weight excluding hydrogens is 376 g/mol. The van der Waals surface area contributed by atoms with Crippen molar-refractivity contribution in [2.45, 2.75) is 79.8 Å². The predicted molar refractivity (Wildman–Crippen MR) is 124 cm³/mol. The fourth-order valence-electron chi connectivity index (χ4n) is 2.95. The van der Waals surface area contributed by atoms with Gasteiger partial charge in [0.25, 0.3) is 0 Å². The molecule has 0 atom stereocenters. The van der Waals surface area contributed by atoms with E-state index in [1.807, 2.05) is 104 Å². The first kappa shape index (κ1) is 23.7. The van der Waals surface area contributed by atoms with Gasteiger partial charge >= 0.3 is 0 Å². The van der Waals surface area contributed by atoms with E-state index in [1.54, 1.807) is 0 Å². The van der Waals surface area contributed by atoms with Crippen molar-refractivity contribution in [3.63, 3.8) is 0 Å². The van der Waals surface area contributed by atoms with Crippen molar-refractivity contribution in [3.8, 4) is 11.5 Å². The first-order valence-electron chi connectivity index (χ1n) is 10.8.